The van der Waals surface area contributed by atoms with Gasteiger partial charge in [0.05, 0.1) is 29.0 Å². The first-order chi connectivity index (χ1) is 9.26. The van der Waals surface area contributed by atoms with Crippen LogP contribution in [0.1, 0.15) is 11.1 Å². The van der Waals surface area contributed by atoms with Gasteiger partial charge in [-0.2, -0.15) is 5.26 Å². The highest BCUT2D eigenvalue weighted by atomic mass is 15.0. The third-order valence-electron chi connectivity index (χ3n) is 3.05. The largest absolute Gasteiger partial charge is 0.399 e. The zero-order valence-electron chi connectivity index (χ0n) is 10.2. The summed E-state index contributed by atoms with van der Waals surface area (Å²) < 4.78 is 2.05. The highest BCUT2D eigenvalue weighted by Crippen LogP contribution is 2.17. The average Bonchev–Trinajstić information content (AvgIpc) is 2.81. The summed E-state index contributed by atoms with van der Waals surface area (Å²) in [6, 6.07) is 15.4. The number of nitriles is 1. The smallest absolute Gasteiger partial charge is 0.0991 e. The lowest BCUT2D eigenvalue weighted by molar-refractivity contribution is 0.824. The van der Waals surface area contributed by atoms with Crippen molar-refractivity contribution in [2.45, 2.75) is 6.54 Å². The molecule has 0 radical (unpaired) electrons. The van der Waals surface area contributed by atoms with Crippen LogP contribution in [0, 0.1) is 11.3 Å². The van der Waals surface area contributed by atoms with Crippen molar-refractivity contribution in [1.29, 1.82) is 5.26 Å². The Hall–Kier alpha value is -2.80. The Balaban J connectivity index is 1.99. The second kappa shape index (κ2) is 4.46. The zero-order valence-corrected chi connectivity index (χ0v) is 10.2. The zero-order chi connectivity index (χ0) is 13.2. The van der Waals surface area contributed by atoms with Crippen molar-refractivity contribution >= 4 is 16.7 Å². The summed E-state index contributed by atoms with van der Waals surface area (Å²) in [5.74, 6) is 0. The van der Waals surface area contributed by atoms with Gasteiger partial charge in [-0.15, -0.1) is 0 Å². The standard InChI is InChI=1S/C15H12N4/c16-8-11-2-1-3-12(6-11)9-19-10-18-14-7-13(17)4-5-15(14)19/h1-7,10H,9,17H2. The molecule has 0 amide bonds. The minimum absolute atomic E-state index is 0.672. The van der Waals surface area contributed by atoms with Crippen LogP contribution in [0.4, 0.5) is 5.69 Å². The van der Waals surface area contributed by atoms with Gasteiger partial charge < -0.3 is 10.3 Å². The van der Waals surface area contributed by atoms with Gasteiger partial charge in [0.15, 0.2) is 0 Å². The molecule has 0 aliphatic heterocycles. The van der Waals surface area contributed by atoms with Crippen LogP contribution < -0.4 is 5.73 Å². The van der Waals surface area contributed by atoms with E-state index >= 15 is 0 Å². The molecule has 0 aliphatic rings. The normalized spacial score (nSPS) is 10.5. The minimum atomic E-state index is 0.672. The predicted octanol–water partition coefficient (Wildman–Crippen LogP) is 2.54. The molecular formula is C15H12N4. The van der Waals surface area contributed by atoms with E-state index in [1.165, 1.54) is 0 Å². The fraction of sp³-hybridized carbons (Fsp3) is 0.0667. The van der Waals surface area contributed by atoms with Gasteiger partial charge in [-0.3, -0.25) is 0 Å². The van der Waals surface area contributed by atoms with Gasteiger partial charge >= 0.3 is 0 Å². The molecule has 3 rings (SSSR count). The first-order valence-electron chi connectivity index (χ1n) is 5.96. The van der Waals surface area contributed by atoms with Gasteiger partial charge in [0, 0.05) is 12.2 Å². The number of anilines is 1. The van der Waals surface area contributed by atoms with E-state index in [0.29, 0.717) is 17.8 Å². The molecular weight excluding hydrogens is 236 g/mol. The second-order valence-electron chi connectivity index (χ2n) is 4.43. The van der Waals surface area contributed by atoms with E-state index in [1.807, 2.05) is 41.0 Å². The first-order valence-corrected chi connectivity index (χ1v) is 5.96. The highest BCUT2D eigenvalue weighted by molar-refractivity contribution is 5.79. The molecule has 0 fully saturated rings. The SMILES string of the molecule is N#Cc1cccc(Cn2cnc3cc(N)ccc32)c1. The molecule has 0 bridgehead atoms. The van der Waals surface area contributed by atoms with Crippen LogP contribution in [-0.2, 0) is 6.54 Å². The number of nitrogen functional groups attached to an aromatic ring is 1. The molecule has 92 valence electrons. The Morgan fingerprint density at radius 2 is 2.11 bits per heavy atom. The van der Waals surface area contributed by atoms with Crippen LogP contribution in [0.15, 0.2) is 48.8 Å². The summed E-state index contributed by atoms with van der Waals surface area (Å²) in [7, 11) is 0. The fourth-order valence-corrected chi connectivity index (χ4v) is 2.14. The Kier molecular flexibility index (Phi) is 2.66. The van der Waals surface area contributed by atoms with Crippen molar-refractivity contribution in [2.24, 2.45) is 0 Å². The minimum Gasteiger partial charge on any atom is -0.399 e. The Morgan fingerprint density at radius 3 is 2.95 bits per heavy atom. The molecule has 0 spiro atoms. The Bertz CT molecular complexity index is 780. The predicted molar refractivity (Wildman–Crippen MR) is 74.4 cm³/mol. The van der Waals surface area contributed by atoms with Crippen LogP contribution in [0.2, 0.25) is 0 Å². The molecule has 0 saturated heterocycles. The number of aromatic nitrogens is 2. The van der Waals surface area contributed by atoms with Crippen LogP contribution in [0.25, 0.3) is 11.0 Å². The Labute approximate surface area is 110 Å². The van der Waals surface area contributed by atoms with Gasteiger partial charge in [0.2, 0.25) is 0 Å². The summed E-state index contributed by atoms with van der Waals surface area (Å²) >= 11 is 0. The third-order valence-corrected chi connectivity index (χ3v) is 3.05. The molecule has 0 atom stereocenters. The van der Waals surface area contributed by atoms with Gasteiger partial charge in [-0.1, -0.05) is 12.1 Å². The van der Waals surface area contributed by atoms with E-state index in [1.54, 1.807) is 12.4 Å². The second-order valence-corrected chi connectivity index (χ2v) is 4.43. The maximum absolute atomic E-state index is 8.91. The van der Waals surface area contributed by atoms with E-state index in [9.17, 15) is 0 Å². The van der Waals surface area contributed by atoms with Crippen LogP contribution in [0.5, 0.6) is 0 Å². The molecule has 4 nitrogen and oxygen atoms in total. The average molecular weight is 248 g/mol. The monoisotopic (exact) mass is 248 g/mol. The van der Waals surface area contributed by atoms with E-state index < -0.39 is 0 Å². The topological polar surface area (TPSA) is 67.6 Å². The van der Waals surface area contributed by atoms with E-state index in [0.717, 1.165) is 16.6 Å². The van der Waals surface area contributed by atoms with Crippen molar-refractivity contribution in [2.75, 3.05) is 5.73 Å². The molecule has 1 heterocycles. The summed E-state index contributed by atoms with van der Waals surface area (Å²) in [5.41, 5.74) is 10.1. The number of fused-ring (bicyclic) bond motifs is 1. The number of nitrogens with two attached hydrogens (primary N) is 1. The molecule has 2 aromatic carbocycles. The first kappa shape index (κ1) is 11.3. The maximum Gasteiger partial charge on any atom is 0.0991 e. The van der Waals surface area contributed by atoms with Gasteiger partial charge in [-0.05, 0) is 35.9 Å². The fourth-order valence-electron chi connectivity index (χ4n) is 2.14. The van der Waals surface area contributed by atoms with Crippen molar-refractivity contribution in [3.05, 3.63) is 59.9 Å². The van der Waals surface area contributed by atoms with Gasteiger partial charge in [0.25, 0.3) is 0 Å². The van der Waals surface area contributed by atoms with Gasteiger partial charge in [0.1, 0.15) is 0 Å². The number of hydrogen-bond acceptors (Lipinski definition) is 3. The molecule has 0 aliphatic carbocycles. The molecule has 2 N–H and O–H groups in total. The van der Waals surface area contributed by atoms with E-state index in [-0.39, 0.29) is 0 Å². The highest BCUT2D eigenvalue weighted by Gasteiger charge is 2.04. The number of imidazole rings is 1. The molecule has 0 unspecified atom stereocenters. The summed E-state index contributed by atoms with van der Waals surface area (Å²) in [4.78, 5) is 4.34. The lowest BCUT2D eigenvalue weighted by atomic mass is 10.1. The van der Waals surface area contributed by atoms with Crippen molar-refractivity contribution in [3.8, 4) is 6.07 Å². The number of hydrogen-bond donors (Lipinski definition) is 1. The van der Waals surface area contributed by atoms with E-state index in [4.69, 9.17) is 11.0 Å². The summed E-state index contributed by atoms with van der Waals surface area (Å²) in [5, 5.41) is 8.91. The van der Waals surface area contributed by atoms with Crippen LogP contribution >= 0.6 is 0 Å². The summed E-state index contributed by atoms with van der Waals surface area (Å²) in [6.07, 6.45) is 1.79. The molecule has 1 aromatic heterocycles. The summed E-state index contributed by atoms with van der Waals surface area (Å²) in [6.45, 7) is 0.690. The molecule has 0 saturated carbocycles. The van der Waals surface area contributed by atoms with Crippen molar-refractivity contribution < 1.29 is 0 Å². The number of benzene rings is 2. The van der Waals surface area contributed by atoms with Crippen LogP contribution in [0.3, 0.4) is 0 Å². The van der Waals surface area contributed by atoms with Crippen molar-refractivity contribution in [1.82, 2.24) is 9.55 Å². The number of rotatable bonds is 2. The van der Waals surface area contributed by atoms with Crippen molar-refractivity contribution in [3.63, 3.8) is 0 Å². The number of nitrogens with zero attached hydrogens (tertiary/aromatic N) is 3. The Morgan fingerprint density at radius 1 is 1.21 bits per heavy atom. The van der Waals surface area contributed by atoms with E-state index in [2.05, 4.69) is 11.1 Å². The molecule has 19 heavy (non-hydrogen) atoms. The lowest BCUT2D eigenvalue weighted by Gasteiger charge is -2.05. The van der Waals surface area contributed by atoms with Gasteiger partial charge in [-0.25, -0.2) is 4.98 Å². The third kappa shape index (κ3) is 2.14. The van der Waals surface area contributed by atoms with Crippen LogP contribution in [-0.4, -0.2) is 9.55 Å². The molecule has 3 aromatic rings. The maximum atomic E-state index is 8.91. The molecule has 4 heteroatoms. The quantitative estimate of drug-likeness (QED) is 0.708. The lowest BCUT2D eigenvalue weighted by Crippen LogP contribution is -1.98.